The largest absolute Gasteiger partial charge is 0.370 e. The predicted molar refractivity (Wildman–Crippen MR) is 74.6 cm³/mol. The molecule has 21 heavy (non-hydrogen) atoms. The van der Waals surface area contributed by atoms with E-state index in [4.69, 9.17) is 4.74 Å². The molecule has 116 valence electrons. The molecule has 4 nitrogen and oxygen atoms in total. The minimum Gasteiger partial charge on any atom is -0.370 e. The fraction of sp³-hybridized carbons (Fsp3) is 0.600. The van der Waals surface area contributed by atoms with Gasteiger partial charge in [-0.2, -0.15) is 0 Å². The zero-order chi connectivity index (χ0) is 15.7. The molecule has 0 radical (unpaired) electrons. The molecule has 1 aromatic heterocycles. The summed E-state index contributed by atoms with van der Waals surface area (Å²) < 4.78 is 30.1. The second-order valence-corrected chi connectivity index (χ2v) is 6.26. The van der Waals surface area contributed by atoms with Gasteiger partial charge in [-0.05, 0) is 17.0 Å². The van der Waals surface area contributed by atoms with E-state index < -0.39 is 12.0 Å². The van der Waals surface area contributed by atoms with Crippen LogP contribution < -0.4 is 5.32 Å². The van der Waals surface area contributed by atoms with Crippen molar-refractivity contribution in [1.29, 1.82) is 0 Å². The van der Waals surface area contributed by atoms with Gasteiger partial charge in [0, 0.05) is 19.2 Å². The van der Waals surface area contributed by atoms with Crippen molar-refractivity contribution in [2.24, 2.45) is 0 Å². The van der Waals surface area contributed by atoms with E-state index in [1.54, 1.807) is 12.3 Å². The Hall–Kier alpha value is -1.56. The van der Waals surface area contributed by atoms with Gasteiger partial charge in [0.25, 0.3) is 11.8 Å². The summed E-state index contributed by atoms with van der Waals surface area (Å²) in [6, 6.07) is 3.52. The van der Waals surface area contributed by atoms with Crippen molar-refractivity contribution < 1.29 is 18.3 Å². The fourth-order valence-corrected chi connectivity index (χ4v) is 1.80. The van der Waals surface area contributed by atoms with Crippen LogP contribution in [0.3, 0.4) is 0 Å². The number of alkyl halides is 2. The highest BCUT2D eigenvalue weighted by Crippen LogP contribution is 2.44. The fourth-order valence-electron chi connectivity index (χ4n) is 1.80. The highest BCUT2D eigenvalue weighted by Gasteiger charge is 2.58. The monoisotopic (exact) mass is 298 g/mol. The molecule has 1 atom stereocenters. The van der Waals surface area contributed by atoms with Crippen LogP contribution >= 0.6 is 0 Å². The smallest absolute Gasteiger partial charge is 0.276 e. The summed E-state index contributed by atoms with van der Waals surface area (Å²) in [7, 11) is 0. The lowest BCUT2D eigenvalue weighted by molar-refractivity contribution is 0.0145. The Labute approximate surface area is 122 Å². The van der Waals surface area contributed by atoms with Crippen molar-refractivity contribution in [3.8, 4) is 0 Å². The van der Waals surface area contributed by atoms with Gasteiger partial charge < -0.3 is 10.1 Å². The van der Waals surface area contributed by atoms with Crippen molar-refractivity contribution in [1.82, 2.24) is 10.3 Å². The third-order valence-corrected chi connectivity index (χ3v) is 3.34. The number of carbonyl (C=O) groups is 1. The SMILES string of the molecule is CC(C)(C)c1ccc(C(=O)NCCO[C@@H]2CC2(F)F)nc1. The average molecular weight is 298 g/mol. The van der Waals surface area contributed by atoms with Crippen molar-refractivity contribution in [3.63, 3.8) is 0 Å². The molecule has 1 N–H and O–H groups in total. The minimum absolute atomic E-state index is 0.0225. The number of nitrogens with zero attached hydrogens (tertiary/aromatic N) is 1. The van der Waals surface area contributed by atoms with Gasteiger partial charge in [0.15, 0.2) is 0 Å². The van der Waals surface area contributed by atoms with Crippen LogP contribution in [0.15, 0.2) is 18.3 Å². The van der Waals surface area contributed by atoms with E-state index in [1.165, 1.54) is 0 Å². The lowest BCUT2D eigenvalue weighted by atomic mass is 9.88. The topological polar surface area (TPSA) is 51.2 Å². The molecule has 0 saturated heterocycles. The maximum absolute atomic E-state index is 12.6. The molecule has 1 aromatic rings. The van der Waals surface area contributed by atoms with Gasteiger partial charge in [-0.15, -0.1) is 0 Å². The molecule has 6 heteroatoms. The molecule has 1 aliphatic carbocycles. The van der Waals surface area contributed by atoms with Gasteiger partial charge in [0.05, 0.1) is 6.61 Å². The van der Waals surface area contributed by atoms with Gasteiger partial charge in [-0.1, -0.05) is 26.8 Å². The molecule has 0 aromatic carbocycles. The lowest BCUT2D eigenvalue weighted by Gasteiger charge is -2.18. The number of halogens is 2. The Kier molecular flexibility index (Phi) is 4.27. The molecule has 1 amide bonds. The second kappa shape index (κ2) is 5.67. The van der Waals surface area contributed by atoms with E-state index in [2.05, 4.69) is 31.1 Å². The van der Waals surface area contributed by atoms with Gasteiger partial charge >= 0.3 is 0 Å². The average Bonchev–Trinajstić information content (AvgIpc) is 3.01. The van der Waals surface area contributed by atoms with E-state index in [0.29, 0.717) is 5.69 Å². The number of amides is 1. The Morgan fingerprint density at radius 2 is 2.14 bits per heavy atom. The summed E-state index contributed by atoms with van der Waals surface area (Å²) in [5, 5.41) is 2.60. The minimum atomic E-state index is -2.69. The zero-order valence-electron chi connectivity index (χ0n) is 12.5. The summed E-state index contributed by atoms with van der Waals surface area (Å²) in [5.41, 5.74) is 1.32. The van der Waals surface area contributed by atoms with Crippen molar-refractivity contribution in [2.75, 3.05) is 13.2 Å². The number of ether oxygens (including phenoxy) is 1. The molecule has 0 bridgehead atoms. The summed E-state index contributed by atoms with van der Waals surface area (Å²) in [4.78, 5) is 15.9. The molecule has 0 spiro atoms. The quantitative estimate of drug-likeness (QED) is 0.850. The number of hydrogen-bond donors (Lipinski definition) is 1. The van der Waals surface area contributed by atoms with Crippen molar-refractivity contribution in [2.45, 2.75) is 44.6 Å². The summed E-state index contributed by atoms with van der Waals surface area (Å²) in [6.45, 7) is 6.46. The molecular formula is C15H20F2N2O2. The van der Waals surface area contributed by atoms with Gasteiger partial charge in [0.1, 0.15) is 11.8 Å². The molecular weight excluding hydrogens is 278 g/mol. The maximum Gasteiger partial charge on any atom is 0.276 e. The number of carbonyl (C=O) groups excluding carboxylic acids is 1. The van der Waals surface area contributed by atoms with E-state index in [1.807, 2.05) is 6.07 Å². The lowest BCUT2D eigenvalue weighted by Crippen LogP contribution is -2.28. The number of pyridine rings is 1. The highest BCUT2D eigenvalue weighted by molar-refractivity contribution is 5.92. The Bertz CT molecular complexity index is 509. The predicted octanol–water partition coefficient (Wildman–Crippen LogP) is 2.53. The molecule has 1 fully saturated rings. The first-order valence-corrected chi connectivity index (χ1v) is 6.94. The Morgan fingerprint density at radius 1 is 1.48 bits per heavy atom. The first-order chi connectivity index (χ1) is 9.70. The van der Waals surface area contributed by atoms with Gasteiger partial charge in [-0.3, -0.25) is 9.78 Å². The zero-order valence-corrected chi connectivity index (χ0v) is 12.5. The summed E-state index contributed by atoms with van der Waals surface area (Å²) >= 11 is 0. The van der Waals surface area contributed by atoms with Crippen molar-refractivity contribution in [3.05, 3.63) is 29.6 Å². The van der Waals surface area contributed by atoms with Crippen LogP contribution in [0, 0.1) is 0 Å². The maximum atomic E-state index is 12.6. The number of rotatable bonds is 5. The third-order valence-electron chi connectivity index (χ3n) is 3.34. The van der Waals surface area contributed by atoms with Crippen LogP contribution in [-0.4, -0.2) is 36.1 Å². The highest BCUT2D eigenvalue weighted by atomic mass is 19.3. The van der Waals surface area contributed by atoms with E-state index in [9.17, 15) is 13.6 Å². The normalized spacial score (nSPS) is 20.1. The molecule has 1 heterocycles. The Balaban J connectivity index is 1.75. The van der Waals surface area contributed by atoms with Crippen LogP contribution in [0.1, 0.15) is 43.2 Å². The number of nitrogens with one attached hydrogen (secondary N) is 1. The van der Waals surface area contributed by atoms with E-state index in [-0.39, 0.29) is 30.9 Å². The van der Waals surface area contributed by atoms with Crippen LogP contribution in [0.25, 0.3) is 0 Å². The molecule has 1 aliphatic rings. The van der Waals surface area contributed by atoms with Crippen LogP contribution in [0.2, 0.25) is 0 Å². The first-order valence-electron chi connectivity index (χ1n) is 6.94. The van der Waals surface area contributed by atoms with Crippen LogP contribution in [-0.2, 0) is 10.2 Å². The molecule has 0 aliphatic heterocycles. The number of aromatic nitrogens is 1. The first kappa shape index (κ1) is 15.8. The second-order valence-electron chi connectivity index (χ2n) is 6.26. The standard InChI is InChI=1S/C15H20F2N2O2/c1-14(2,3)10-4-5-11(19-9-10)13(20)18-6-7-21-12-8-15(12,16)17/h4-5,9,12H,6-8H2,1-3H3,(H,18,20)/t12-/m1/s1. The van der Waals surface area contributed by atoms with Gasteiger partial charge in [-0.25, -0.2) is 8.78 Å². The third kappa shape index (κ3) is 4.20. The molecule has 2 rings (SSSR count). The van der Waals surface area contributed by atoms with Crippen molar-refractivity contribution >= 4 is 5.91 Å². The number of hydrogen-bond acceptors (Lipinski definition) is 3. The van der Waals surface area contributed by atoms with E-state index >= 15 is 0 Å². The summed E-state index contributed by atoms with van der Waals surface area (Å²) in [6.07, 6.45) is 0.464. The van der Waals surface area contributed by atoms with Crippen LogP contribution in [0.4, 0.5) is 8.78 Å². The Morgan fingerprint density at radius 3 is 2.62 bits per heavy atom. The van der Waals surface area contributed by atoms with Gasteiger partial charge in [0.2, 0.25) is 0 Å². The summed E-state index contributed by atoms with van der Waals surface area (Å²) in [5.74, 6) is -3.02. The molecule has 1 saturated carbocycles. The van der Waals surface area contributed by atoms with E-state index in [0.717, 1.165) is 5.56 Å². The molecule has 0 unspecified atom stereocenters. The van der Waals surface area contributed by atoms with Crippen LogP contribution in [0.5, 0.6) is 0 Å².